The van der Waals surface area contributed by atoms with Gasteiger partial charge in [-0.15, -0.1) is 0 Å². The van der Waals surface area contributed by atoms with Gasteiger partial charge in [0.05, 0.1) is 0 Å². The standard InChI is InChI=1S/C13H11ClN2O3/c1-8-2-4-9(5-3-8)19-7-11-15-6-10(13(17)18)12(14)16-11/h2-6H,7H2,1H3,(H,17,18). The summed E-state index contributed by atoms with van der Waals surface area (Å²) in [6.07, 6.45) is 1.17. The monoisotopic (exact) mass is 278 g/mol. The summed E-state index contributed by atoms with van der Waals surface area (Å²) >= 11 is 5.74. The van der Waals surface area contributed by atoms with E-state index in [1.807, 2.05) is 31.2 Å². The third-order valence-corrected chi connectivity index (χ3v) is 2.70. The number of halogens is 1. The van der Waals surface area contributed by atoms with E-state index >= 15 is 0 Å². The van der Waals surface area contributed by atoms with Crippen molar-refractivity contribution in [2.24, 2.45) is 0 Å². The van der Waals surface area contributed by atoms with Gasteiger partial charge in [-0.3, -0.25) is 0 Å². The lowest BCUT2D eigenvalue weighted by atomic mass is 10.2. The van der Waals surface area contributed by atoms with Crippen LogP contribution in [0.2, 0.25) is 5.15 Å². The molecule has 6 heteroatoms. The molecule has 1 heterocycles. The van der Waals surface area contributed by atoms with Crippen LogP contribution in [0.3, 0.4) is 0 Å². The van der Waals surface area contributed by atoms with Crippen molar-refractivity contribution in [2.45, 2.75) is 13.5 Å². The minimum Gasteiger partial charge on any atom is -0.486 e. The topological polar surface area (TPSA) is 72.3 Å². The fourth-order valence-corrected chi connectivity index (χ4v) is 1.62. The Morgan fingerprint density at radius 2 is 2.05 bits per heavy atom. The third kappa shape index (κ3) is 3.42. The van der Waals surface area contributed by atoms with Crippen LogP contribution >= 0.6 is 11.6 Å². The summed E-state index contributed by atoms with van der Waals surface area (Å²) < 4.78 is 5.47. The highest BCUT2D eigenvalue weighted by Gasteiger charge is 2.11. The second kappa shape index (κ2) is 5.67. The summed E-state index contributed by atoms with van der Waals surface area (Å²) in [7, 11) is 0. The molecule has 0 saturated heterocycles. The number of rotatable bonds is 4. The summed E-state index contributed by atoms with van der Waals surface area (Å²) in [5.74, 6) is -0.140. The summed E-state index contributed by atoms with van der Waals surface area (Å²) in [6, 6.07) is 7.53. The van der Waals surface area contributed by atoms with Crippen LogP contribution < -0.4 is 4.74 Å². The second-order valence-electron chi connectivity index (χ2n) is 3.90. The number of aromatic carboxylic acids is 1. The first-order valence-corrected chi connectivity index (χ1v) is 5.88. The number of carboxylic acids is 1. The number of benzene rings is 1. The van der Waals surface area contributed by atoms with E-state index in [9.17, 15) is 4.79 Å². The fourth-order valence-electron chi connectivity index (χ4n) is 1.39. The Hall–Kier alpha value is -2.14. The van der Waals surface area contributed by atoms with Crippen LogP contribution in [0.4, 0.5) is 0 Å². The van der Waals surface area contributed by atoms with Crippen LogP contribution in [-0.2, 0) is 6.61 Å². The van der Waals surface area contributed by atoms with E-state index in [4.69, 9.17) is 21.4 Å². The highest BCUT2D eigenvalue weighted by molar-refractivity contribution is 6.32. The minimum absolute atomic E-state index is 0.0926. The number of carbonyl (C=O) groups is 1. The fraction of sp³-hybridized carbons (Fsp3) is 0.154. The first-order valence-electron chi connectivity index (χ1n) is 5.50. The van der Waals surface area contributed by atoms with Gasteiger partial charge in [-0.1, -0.05) is 29.3 Å². The van der Waals surface area contributed by atoms with E-state index in [-0.39, 0.29) is 17.3 Å². The zero-order valence-electron chi connectivity index (χ0n) is 10.1. The van der Waals surface area contributed by atoms with Gasteiger partial charge in [-0.05, 0) is 19.1 Å². The maximum Gasteiger partial charge on any atom is 0.340 e. The molecular formula is C13H11ClN2O3. The zero-order valence-corrected chi connectivity index (χ0v) is 10.9. The molecule has 0 fully saturated rings. The predicted molar refractivity (Wildman–Crippen MR) is 69.5 cm³/mol. The van der Waals surface area contributed by atoms with Crippen LogP contribution in [0.15, 0.2) is 30.5 Å². The molecule has 2 aromatic rings. The van der Waals surface area contributed by atoms with Gasteiger partial charge in [0.1, 0.15) is 23.1 Å². The molecule has 1 N–H and O–H groups in total. The highest BCUT2D eigenvalue weighted by Crippen LogP contribution is 2.15. The number of hydrogen-bond acceptors (Lipinski definition) is 4. The molecule has 0 aliphatic rings. The van der Waals surface area contributed by atoms with Gasteiger partial charge in [0.15, 0.2) is 5.82 Å². The molecule has 0 unspecified atom stereocenters. The van der Waals surface area contributed by atoms with Crippen LogP contribution in [0, 0.1) is 6.92 Å². The molecule has 0 aliphatic heterocycles. The Bertz CT molecular complexity index is 599. The predicted octanol–water partition coefficient (Wildman–Crippen LogP) is 2.72. The van der Waals surface area contributed by atoms with E-state index < -0.39 is 5.97 Å². The second-order valence-corrected chi connectivity index (χ2v) is 4.26. The van der Waals surface area contributed by atoms with Crippen molar-refractivity contribution in [3.8, 4) is 5.75 Å². The molecule has 1 aromatic heterocycles. The summed E-state index contributed by atoms with van der Waals surface area (Å²) in [5.41, 5.74) is 1.01. The minimum atomic E-state index is -1.16. The molecule has 5 nitrogen and oxygen atoms in total. The number of ether oxygens (including phenoxy) is 1. The Morgan fingerprint density at radius 1 is 1.37 bits per heavy atom. The van der Waals surface area contributed by atoms with E-state index in [1.54, 1.807) is 0 Å². The molecule has 2 rings (SSSR count). The number of nitrogens with zero attached hydrogens (tertiary/aromatic N) is 2. The van der Waals surface area contributed by atoms with Crippen molar-refractivity contribution in [1.29, 1.82) is 0 Å². The molecule has 0 bridgehead atoms. The Kier molecular flexibility index (Phi) is 3.97. The number of carboxylic acid groups (broad SMARTS) is 1. The van der Waals surface area contributed by atoms with E-state index in [0.717, 1.165) is 5.56 Å². The summed E-state index contributed by atoms with van der Waals surface area (Å²) in [6.45, 7) is 2.11. The van der Waals surface area contributed by atoms with Gasteiger partial charge in [0.2, 0.25) is 0 Å². The highest BCUT2D eigenvalue weighted by atomic mass is 35.5. The van der Waals surface area contributed by atoms with E-state index in [1.165, 1.54) is 6.20 Å². The van der Waals surface area contributed by atoms with Crippen LogP contribution in [0.25, 0.3) is 0 Å². The number of aromatic nitrogens is 2. The maximum atomic E-state index is 10.7. The van der Waals surface area contributed by atoms with Gasteiger partial charge in [-0.2, -0.15) is 0 Å². The molecule has 98 valence electrons. The first kappa shape index (κ1) is 13.3. The summed E-state index contributed by atoms with van der Waals surface area (Å²) in [4.78, 5) is 18.5. The molecule has 1 aromatic carbocycles. The van der Waals surface area contributed by atoms with Crippen molar-refractivity contribution in [3.05, 3.63) is 52.6 Å². The molecule has 0 saturated carbocycles. The molecule has 0 radical (unpaired) electrons. The molecule has 0 aliphatic carbocycles. The van der Waals surface area contributed by atoms with E-state index in [0.29, 0.717) is 11.6 Å². The lowest BCUT2D eigenvalue weighted by molar-refractivity contribution is 0.0696. The largest absolute Gasteiger partial charge is 0.486 e. The Morgan fingerprint density at radius 3 is 2.63 bits per heavy atom. The average Bonchev–Trinajstić information content (AvgIpc) is 2.37. The lowest BCUT2D eigenvalue weighted by Crippen LogP contribution is -2.06. The van der Waals surface area contributed by atoms with Gasteiger partial charge >= 0.3 is 5.97 Å². The summed E-state index contributed by atoms with van der Waals surface area (Å²) in [5, 5.41) is 8.70. The van der Waals surface area contributed by atoms with Crippen LogP contribution in [0.1, 0.15) is 21.7 Å². The smallest absolute Gasteiger partial charge is 0.340 e. The van der Waals surface area contributed by atoms with Crippen molar-refractivity contribution >= 4 is 17.6 Å². The molecular weight excluding hydrogens is 268 g/mol. The average molecular weight is 279 g/mol. The van der Waals surface area contributed by atoms with Gasteiger partial charge in [0.25, 0.3) is 0 Å². The zero-order chi connectivity index (χ0) is 13.8. The van der Waals surface area contributed by atoms with Gasteiger partial charge in [-0.25, -0.2) is 14.8 Å². The quantitative estimate of drug-likeness (QED) is 0.871. The number of hydrogen-bond donors (Lipinski definition) is 1. The molecule has 0 spiro atoms. The third-order valence-electron chi connectivity index (χ3n) is 2.41. The van der Waals surface area contributed by atoms with E-state index in [2.05, 4.69) is 9.97 Å². The first-order chi connectivity index (χ1) is 9.06. The van der Waals surface area contributed by atoms with Crippen molar-refractivity contribution in [2.75, 3.05) is 0 Å². The number of aryl methyl sites for hydroxylation is 1. The van der Waals surface area contributed by atoms with Crippen LogP contribution in [-0.4, -0.2) is 21.0 Å². The SMILES string of the molecule is Cc1ccc(OCc2ncc(C(=O)O)c(Cl)n2)cc1. The van der Waals surface area contributed by atoms with Crippen molar-refractivity contribution in [1.82, 2.24) is 9.97 Å². The van der Waals surface area contributed by atoms with Crippen LogP contribution in [0.5, 0.6) is 5.75 Å². The molecule has 19 heavy (non-hydrogen) atoms. The molecule has 0 atom stereocenters. The maximum absolute atomic E-state index is 10.7. The Labute approximate surface area is 114 Å². The van der Waals surface area contributed by atoms with Gasteiger partial charge in [0, 0.05) is 6.20 Å². The molecule has 0 amide bonds. The Balaban J connectivity index is 2.06. The van der Waals surface area contributed by atoms with Crippen molar-refractivity contribution < 1.29 is 14.6 Å². The van der Waals surface area contributed by atoms with Gasteiger partial charge < -0.3 is 9.84 Å². The van der Waals surface area contributed by atoms with Crippen molar-refractivity contribution in [3.63, 3.8) is 0 Å². The lowest BCUT2D eigenvalue weighted by Gasteiger charge is -2.06. The normalized spacial score (nSPS) is 10.2.